The fraction of sp³-hybridized carbons (Fsp3) is 0.524. The summed E-state index contributed by atoms with van der Waals surface area (Å²) in [6.45, 7) is 6.42. The number of aromatic hydroxyl groups is 1. The molecule has 29 heavy (non-hydrogen) atoms. The second-order valence-corrected chi connectivity index (χ2v) is 7.29. The summed E-state index contributed by atoms with van der Waals surface area (Å²) in [6.07, 6.45) is 1.71. The Balaban J connectivity index is 2.03. The van der Waals surface area contributed by atoms with E-state index in [-0.39, 0.29) is 17.9 Å². The summed E-state index contributed by atoms with van der Waals surface area (Å²) in [5.41, 5.74) is 1.56. The second-order valence-electron chi connectivity index (χ2n) is 7.29. The van der Waals surface area contributed by atoms with E-state index in [1.165, 1.54) is 0 Å². The lowest BCUT2D eigenvalue weighted by molar-refractivity contribution is 0.0920. The van der Waals surface area contributed by atoms with Crippen LogP contribution in [0.2, 0.25) is 0 Å². The SMILES string of the molecule is COCCn1c(C)cc(O)c([C@@H](c2ccccn2)N2CCN(CCO)CC2)c1=O. The molecule has 2 aromatic heterocycles. The van der Waals surface area contributed by atoms with Crippen LogP contribution in [0.25, 0.3) is 0 Å². The van der Waals surface area contributed by atoms with Crippen LogP contribution in [0.3, 0.4) is 0 Å². The maximum atomic E-state index is 13.4. The van der Waals surface area contributed by atoms with Gasteiger partial charge in [0.05, 0.1) is 30.5 Å². The third kappa shape index (κ3) is 4.84. The molecule has 1 atom stereocenters. The summed E-state index contributed by atoms with van der Waals surface area (Å²) in [5.74, 6) is -0.00499. The Morgan fingerprint density at radius 3 is 2.59 bits per heavy atom. The monoisotopic (exact) mass is 402 g/mol. The molecule has 8 heteroatoms. The molecule has 0 spiro atoms. The molecular weight excluding hydrogens is 372 g/mol. The van der Waals surface area contributed by atoms with E-state index in [2.05, 4.69) is 14.8 Å². The number of hydrogen-bond acceptors (Lipinski definition) is 7. The van der Waals surface area contributed by atoms with Crippen molar-refractivity contribution in [3.8, 4) is 5.75 Å². The van der Waals surface area contributed by atoms with Crippen LogP contribution in [-0.4, -0.2) is 82.6 Å². The van der Waals surface area contributed by atoms with E-state index in [0.717, 1.165) is 18.8 Å². The molecule has 1 saturated heterocycles. The average molecular weight is 402 g/mol. The highest BCUT2D eigenvalue weighted by atomic mass is 16.5. The molecule has 158 valence electrons. The van der Waals surface area contributed by atoms with Gasteiger partial charge < -0.3 is 19.5 Å². The summed E-state index contributed by atoms with van der Waals surface area (Å²) in [7, 11) is 1.60. The topological polar surface area (TPSA) is 91.1 Å². The number of aliphatic hydroxyl groups is 1. The van der Waals surface area contributed by atoms with Gasteiger partial charge in [-0.05, 0) is 25.1 Å². The van der Waals surface area contributed by atoms with Crippen molar-refractivity contribution in [3.63, 3.8) is 0 Å². The van der Waals surface area contributed by atoms with Crippen LogP contribution in [0.15, 0.2) is 35.3 Å². The van der Waals surface area contributed by atoms with Gasteiger partial charge in [-0.15, -0.1) is 0 Å². The minimum absolute atomic E-state index is 0.00499. The summed E-state index contributed by atoms with van der Waals surface area (Å²) < 4.78 is 6.80. The van der Waals surface area contributed by atoms with Gasteiger partial charge in [0.15, 0.2) is 0 Å². The molecule has 0 bridgehead atoms. The largest absolute Gasteiger partial charge is 0.507 e. The quantitative estimate of drug-likeness (QED) is 0.668. The van der Waals surface area contributed by atoms with Crippen molar-refractivity contribution < 1.29 is 14.9 Å². The highest BCUT2D eigenvalue weighted by molar-refractivity contribution is 5.39. The molecule has 1 aliphatic heterocycles. The maximum absolute atomic E-state index is 13.4. The van der Waals surface area contributed by atoms with E-state index in [0.29, 0.717) is 44.0 Å². The van der Waals surface area contributed by atoms with Gasteiger partial charge in [0.1, 0.15) is 5.75 Å². The molecule has 1 aliphatic rings. The Hall–Kier alpha value is -2.26. The first kappa shape index (κ1) is 21.4. The fourth-order valence-corrected chi connectivity index (χ4v) is 3.93. The summed E-state index contributed by atoms with van der Waals surface area (Å²) in [6, 6.07) is 6.83. The van der Waals surface area contributed by atoms with Crippen LogP contribution >= 0.6 is 0 Å². The van der Waals surface area contributed by atoms with Gasteiger partial charge in [-0.3, -0.25) is 19.6 Å². The Kier molecular flexibility index (Phi) is 7.38. The minimum Gasteiger partial charge on any atom is -0.507 e. The summed E-state index contributed by atoms with van der Waals surface area (Å²) in [5, 5.41) is 20.0. The molecule has 3 heterocycles. The molecule has 8 nitrogen and oxygen atoms in total. The first-order chi connectivity index (χ1) is 14.1. The lowest BCUT2D eigenvalue weighted by atomic mass is 10.00. The van der Waals surface area contributed by atoms with Gasteiger partial charge in [-0.25, -0.2) is 0 Å². The average Bonchev–Trinajstić information content (AvgIpc) is 2.72. The third-order valence-electron chi connectivity index (χ3n) is 5.47. The van der Waals surface area contributed by atoms with Crippen LogP contribution in [0.1, 0.15) is 23.0 Å². The fourth-order valence-electron chi connectivity index (χ4n) is 3.93. The Bertz CT molecular complexity index is 848. The summed E-state index contributed by atoms with van der Waals surface area (Å²) >= 11 is 0. The number of nitrogens with zero attached hydrogens (tertiary/aromatic N) is 4. The van der Waals surface area contributed by atoms with Crippen LogP contribution in [0, 0.1) is 6.92 Å². The van der Waals surface area contributed by atoms with Gasteiger partial charge in [-0.1, -0.05) is 6.07 Å². The predicted octanol–water partition coefficient (Wildman–Crippen LogP) is 0.603. The van der Waals surface area contributed by atoms with E-state index < -0.39 is 6.04 Å². The smallest absolute Gasteiger partial charge is 0.259 e. The Morgan fingerprint density at radius 1 is 1.21 bits per heavy atom. The molecule has 1 fully saturated rings. The van der Waals surface area contributed by atoms with E-state index in [1.54, 1.807) is 23.9 Å². The lowest BCUT2D eigenvalue weighted by Crippen LogP contribution is -2.49. The van der Waals surface area contributed by atoms with Crippen LogP contribution in [0.4, 0.5) is 0 Å². The van der Waals surface area contributed by atoms with Crippen molar-refractivity contribution in [3.05, 3.63) is 57.8 Å². The number of aliphatic hydroxyl groups excluding tert-OH is 1. The molecule has 3 rings (SSSR count). The van der Waals surface area contributed by atoms with Crippen molar-refractivity contribution in [1.82, 2.24) is 19.4 Å². The number of rotatable bonds is 8. The maximum Gasteiger partial charge on any atom is 0.259 e. The molecule has 0 aliphatic carbocycles. The number of β-amino-alcohol motifs (C(OH)–C–C–N with tert-alkyl or cyclic N) is 1. The zero-order valence-corrected chi connectivity index (χ0v) is 17.1. The van der Waals surface area contributed by atoms with Gasteiger partial charge in [0, 0.05) is 58.3 Å². The Morgan fingerprint density at radius 2 is 1.97 bits per heavy atom. The van der Waals surface area contributed by atoms with Gasteiger partial charge in [-0.2, -0.15) is 0 Å². The molecule has 0 aromatic carbocycles. The summed E-state index contributed by atoms with van der Waals surface area (Å²) in [4.78, 5) is 22.3. The number of hydrogen-bond donors (Lipinski definition) is 2. The van der Waals surface area contributed by atoms with E-state index in [9.17, 15) is 15.0 Å². The molecular formula is C21H30N4O4. The van der Waals surface area contributed by atoms with E-state index >= 15 is 0 Å². The van der Waals surface area contributed by atoms with E-state index in [1.807, 2.05) is 25.1 Å². The predicted molar refractivity (Wildman–Crippen MR) is 110 cm³/mol. The molecule has 0 radical (unpaired) electrons. The van der Waals surface area contributed by atoms with E-state index in [4.69, 9.17) is 4.74 Å². The number of ether oxygens (including phenoxy) is 1. The highest BCUT2D eigenvalue weighted by Crippen LogP contribution is 2.32. The highest BCUT2D eigenvalue weighted by Gasteiger charge is 2.32. The lowest BCUT2D eigenvalue weighted by Gasteiger charge is -2.39. The zero-order chi connectivity index (χ0) is 20.8. The minimum atomic E-state index is -0.436. The molecule has 2 N–H and O–H groups in total. The first-order valence-corrected chi connectivity index (χ1v) is 9.97. The van der Waals surface area contributed by atoms with Crippen molar-refractivity contribution in [2.45, 2.75) is 19.5 Å². The molecule has 0 amide bonds. The van der Waals surface area contributed by atoms with Crippen molar-refractivity contribution in [1.29, 1.82) is 0 Å². The number of methoxy groups -OCH3 is 1. The van der Waals surface area contributed by atoms with Gasteiger partial charge in [0.2, 0.25) is 0 Å². The zero-order valence-electron chi connectivity index (χ0n) is 17.1. The third-order valence-corrected chi connectivity index (χ3v) is 5.47. The second kappa shape index (κ2) is 9.98. The van der Waals surface area contributed by atoms with Crippen molar-refractivity contribution in [2.24, 2.45) is 0 Å². The first-order valence-electron chi connectivity index (χ1n) is 9.97. The normalized spacial score (nSPS) is 16.8. The number of pyridine rings is 2. The van der Waals surface area contributed by atoms with Crippen LogP contribution < -0.4 is 5.56 Å². The van der Waals surface area contributed by atoms with Gasteiger partial charge >= 0.3 is 0 Å². The Labute approximate surface area is 171 Å². The van der Waals surface area contributed by atoms with Crippen LogP contribution in [-0.2, 0) is 11.3 Å². The van der Waals surface area contributed by atoms with Crippen LogP contribution in [0.5, 0.6) is 5.75 Å². The van der Waals surface area contributed by atoms with Gasteiger partial charge in [0.25, 0.3) is 5.56 Å². The standard InChI is InChI=1S/C21H30N4O4/c1-16-15-18(27)19(21(28)25(16)12-14-29-2)20(17-5-3-4-6-22-17)24-9-7-23(8-10-24)11-13-26/h3-6,15,20,26-27H,7-14H2,1-2H3/t20-/m1/s1. The molecule has 2 aromatic rings. The number of aryl methyl sites for hydroxylation is 1. The molecule has 0 saturated carbocycles. The number of aromatic nitrogens is 2. The van der Waals surface area contributed by atoms with Crippen molar-refractivity contribution >= 4 is 0 Å². The number of piperazine rings is 1. The molecule has 0 unspecified atom stereocenters. The van der Waals surface area contributed by atoms with Crippen molar-refractivity contribution in [2.75, 3.05) is 53.0 Å².